The van der Waals surface area contributed by atoms with Gasteiger partial charge in [0.05, 0.1) is 30.3 Å². The number of amides is 2. The van der Waals surface area contributed by atoms with Gasteiger partial charge in [0.2, 0.25) is 5.91 Å². The molecule has 0 aliphatic heterocycles. The van der Waals surface area contributed by atoms with Gasteiger partial charge >= 0.3 is 0 Å². The van der Waals surface area contributed by atoms with Crippen LogP contribution in [0.4, 0.5) is 14.5 Å². The number of carbonyl (C=O) groups excluding carboxylic acids is 2. The van der Waals surface area contributed by atoms with Crippen LogP contribution in [0.2, 0.25) is 0 Å². The summed E-state index contributed by atoms with van der Waals surface area (Å²) in [5.41, 5.74) is 1.08. The molecular weight excluding hydrogens is 342 g/mol. The maximum absolute atomic E-state index is 13.1. The van der Waals surface area contributed by atoms with Crippen LogP contribution in [-0.4, -0.2) is 28.1 Å². The minimum atomic E-state index is -0.868. The normalized spacial score (nSPS) is 10.4. The van der Waals surface area contributed by atoms with Gasteiger partial charge in [0.15, 0.2) is 0 Å². The molecule has 0 saturated heterocycles. The molecule has 3 aromatic rings. The predicted octanol–water partition coefficient (Wildman–Crippen LogP) is 2.52. The van der Waals surface area contributed by atoms with E-state index in [1.54, 1.807) is 10.9 Å². The van der Waals surface area contributed by atoms with Crippen LogP contribution < -0.4 is 10.6 Å². The number of aromatic nitrogens is 2. The highest BCUT2D eigenvalue weighted by atomic mass is 19.1. The Labute approximate surface area is 147 Å². The molecule has 0 atom stereocenters. The third-order valence-electron chi connectivity index (χ3n) is 3.42. The lowest BCUT2D eigenvalue weighted by Gasteiger charge is -2.06. The van der Waals surface area contributed by atoms with Crippen LogP contribution in [0.25, 0.3) is 5.69 Å². The first-order valence-corrected chi connectivity index (χ1v) is 7.65. The number of benzene rings is 2. The summed E-state index contributed by atoms with van der Waals surface area (Å²) in [5.74, 6) is -2.98. The van der Waals surface area contributed by atoms with Crippen LogP contribution >= 0.6 is 0 Å². The fourth-order valence-electron chi connectivity index (χ4n) is 2.26. The van der Waals surface area contributed by atoms with E-state index in [4.69, 9.17) is 0 Å². The van der Waals surface area contributed by atoms with E-state index in [0.717, 1.165) is 17.8 Å². The van der Waals surface area contributed by atoms with E-state index in [2.05, 4.69) is 15.7 Å². The van der Waals surface area contributed by atoms with Crippen LogP contribution in [0.1, 0.15) is 10.4 Å². The highest BCUT2D eigenvalue weighted by Crippen LogP contribution is 2.11. The number of hydrogen-bond acceptors (Lipinski definition) is 3. The predicted molar refractivity (Wildman–Crippen MR) is 90.9 cm³/mol. The molecule has 0 radical (unpaired) electrons. The van der Waals surface area contributed by atoms with Crippen molar-refractivity contribution in [3.63, 3.8) is 0 Å². The van der Waals surface area contributed by atoms with Gasteiger partial charge in [0.25, 0.3) is 5.91 Å². The van der Waals surface area contributed by atoms with Gasteiger partial charge in [-0.05, 0) is 24.3 Å². The van der Waals surface area contributed by atoms with Gasteiger partial charge in [-0.15, -0.1) is 0 Å². The Balaban J connectivity index is 1.56. The summed E-state index contributed by atoms with van der Waals surface area (Å²) in [5, 5.41) is 9.01. The van der Waals surface area contributed by atoms with Crippen molar-refractivity contribution in [2.75, 3.05) is 11.9 Å². The van der Waals surface area contributed by atoms with E-state index in [1.165, 1.54) is 6.20 Å². The van der Waals surface area contributed by atoms with E-state index in [9.17, 15) is 18.4 Å². The van der Waals surface area contributed by atoms with Gasteiger partial charge in [0.1, 0.15) is 11.6 Å². The zero-order valence-electron chi connectivity index (χ0n) is 13.4. The maximum Gasteiger partial charge on any atom is 0.251 e. The molecule has 2 N–H and O–H groups in total. The van der Waals surface area contributed by atoms with Gasteiger partial charge in [-0.25, -0.2) is 13.5 Å². The van der Waals surface area contributed by atoms with Crippen LogP contribution in [-0.2, 0) is 4.79 Å². The van der Waals surface area contributed by atoms with Gasteiger partial charge in [-0.2, -0.15) is 5.10 Å². The first kappa shape index (κ1) is 17.3. The quantitative estimate of drug-likeness (QED) is 0.738. The first-order valence-electron chi connectivity index (χ1n) is 7.65. The Kier molecular flexibility index (Phi) is 5.02. The molecule has 0 aliphatic carbocycles. The fraction of sp³-hybridized carbons (Fsp3) is 0.0556. The summed E-state index contributed by atoms with van der Waals surface area (Å²) < 4.78 is 27.8. The van der Waals surface area contributed by atoms with E-state index < -0.39 is 23.4 Å². The third kappa shape index (κ3) is 4.29. The Bertz CT molecular complexity index is 921. The number of hydrogen-bond donors (Lipinski definition) is 2. The molecule has 0 bridgehead atoms. The smallest absolute Gasteiger partial charge is 0.251 e. The lowest BCUT2D eigenvalue weighted by molar-refractivity contribution is -0.115. The van der Waals surface area contributed by atoms with Crippen LogP contribution in [0, 0.1) is 11.6 Å². The number of nitrogens with one attached hydrogen (secondary N) is 2. The molecule has 0 aliphatic rings. The van der Waals surface area contributed by atoms with Crippen LogP contribution in [0.5, 0.6) is 0 Å². The number of carbonyl (C=O) groups is 2. The summed E-state index contributed by atoms with van der Waals surface area (Å²) in [4.78, 5) is 23.8. The first-order chi connectivity index (χ1) is 12.5. The molecule has 1 aromatic heterocycles. The molecule has 2 amide bonds. The van der Waals surface area contributed by atoms with E-state index in [-0.39, 0.29) is 12.1 Å². The highest BCUT2D eigenvalue weighted by Gasteiger charge is 2.11. The Morgan fingerprint density at radius 1 is 1.04 bits per heavy atom. The molecule has 2 aromatic carbocycles. The van der Waals surface area contributed by atoms with Crippen molar-refractivity contribution in [3.05, 3.63) is 78.1 Å². The van der Waals surface area contributed by atoms with Crippen molar-refractivity contribution >= 4 is 17.5 Å². The van der Waals surface area contributed by atoms with Crippen molar-refractivity contribution < 1.29 is 18.4 Å². The molecule has 0 fully saturated rings. The van der Waals surface area contributed by atoms with Gasteiger partial charge < -0.3 is 10.6 Å². The van der Waals surface area contributed by atoms with E-state index >= 15 is 0 Å². The molecule has 8 heteroatoms. The maximum atomic E-state index is 13.1. The molecule has 3 rings (SSSR count). The Hall–Kier alpha value is -3.55. The topological polar surface area (TPSA) is 76.0 Å². The Morgan fingerprint density at radius 3 is 2.42 bits per heavy atom. The number of rotatable bonds is 5. The van der Waals surface area contributed by atoms with Crippen molar-refractivity contribution in [2.24, 2.45) is 0 Å². The molecule has 1 heterocycles. The number of halogens is 2. The van der Waals surface area contributed by atoms with Gasteiger partial charge in [-0.1, -0.05) is 18.2 Å². The zero-order chi connectivity index (χ0) is 18.5. The monoisotopic (exact) mass is 356 g/mol. The van der Waals surface area contributed by atoms with Gasteiger partial charge in [0, 0.05) is 11.6 Å². The molecular formula is C18H14F2N4O2. The number of para-hydroxylation sites is 1. The SMILES string of the molecule is O=C(CNC(=O)c1cc(F)cc(F)c1)Nc1cnn(-c2ccccc2)c1. The van der Waals surface area contributed by atoms with Crippen molar-refractivity contribution in [1.29, 1.82) is 0 Å². The molecule has 132 valence electrons. The highest BCUT2D eigenvalue weighted by molar-refractivity contribution is 5.99. The summed E-state index contributed by atoms with van der Waals surface area (Å²) in [6.07, 6.45) is 3.09. The lowest BCUT2D eigenvalue weighted by Crippen LogP contribution is -2.32. The minimum absolute atomic E-state index is 0.202. The lowest BCUT2D eigenvalue weighted by atomic mass is 10.2. The van der Waals surface area contributed by atoms with Crippen LogP contribution in [0.15, 0.2) is 60.9 Å². The number of anilines is 1. The van der Waals surface area contributed by atoms with Crippen molar-refractivity contribution in [1.82, 2.24) is 15.1 Å². The largest absolute Gasteiger partial charge is 0.343 e. The summed E-state index contributed by atoms with van der Waals surface area (Å²) >= 11 is 0. The summed E-state index contributed by atoms with van der Waals surface area (Å²) in [6.45, 7) is -0.354. The van der Waals surface area contributed by atoms with E-state index in [0.29, 0.717) is 11.8 Å². The second kappa shape index (κ2) is 7.56. The van der Waals surface area contributed by atoms with Crippen molar-refractivity contribution in [3.8, 4) is 5.69 Å². The van der Waals surface area contributed by atoms with Gasteiger partial charge in [-0.3, -0.25) is 9.59 Å². The minimum Gasteiger partial charge on any atom is -0.343 e. The second-order valence-electron chi connectivity index (χ2n) is 5.40. The third-order valence-corrected chi connectivity index (χ3v) is 3.42. The van der Waals surface area contributed by atoms with E-state index in [1.807, 2.05) is 30.3 Å². The number of nitrogens with zero attached hydrogens (tertiary/aromatic N) is 2. The average Bonchev–Trinajstić information content (AvgIpc) is 3.08. The van der Waals surface area contributed by atoms with Crippen molar-refractivity contribution in [2.45, 2.75) is 0 Å². The zero-order valence-corrected chi connectivity index (χ0v) is 13.4. The average molecular weight is 356 g/mol. The molecule has 0 saturated carbocycles. The summed E-state index contributed by atoms with van der Waals surface area (Å²) in [7, 11) is 0. The second-order valence-corrected chi connectivity index (χ2v) is 5.40. The van der Waals surface area contributed by atoms with Crippen LogP contribution in [0.3, 0.4) is 0 Å². The summed E-state index contributed by atoms with van der Waals surface area (Å²) in [6, 6.07) is 11.8. The molecule has 0 spiro atoms. The molecule has 26 heavy (non-hydrogen) atoms. The standard InChI is InChI=1S/C18H14F2N4O2/c19-13-6-12(7-14(20)8-13)18(26)21-10-17(25)23-15-9-22-24(11-15)16-4-2-1-3-5-16/h1-9,11H,10H2,(H,21,26)(H,23,25). The fourth-order valence-corrected chi connectivity index (χ4v) is 2.26. The molecule has 6 nitrogen and oxygen atoms in total. The Morgan fingerprint density at radius 2 is 1.73 bits per heavy atom. The molecule has 0 unspecified atom stereocenters.